The van der Waals surface area contributed by atoms with Gasteiger partial charge in [-0.15, -0.1) is 0 Å². The molecule has 0 saturated heterocycles. The van der Waals surface area contributed by atoms with Crippen molar-refractivity contribution in [2.75, 3.05) is 25.0 Å². The van der Waals surface area contributed by atoms with Gasteiger partial charge < -0.3 is 10.1 Å². The fourth-order valence-electron chi connectivity index (χ4n) is 3.93. The standard InChI is InChI=1S/C23H29BrN2O4S/c1-26-20-11-8-7-10-18(20)23(19-14-13-17(24)16-21(19)31(26,28)29)25-15-9-5-3-4-6-12-22(27)30-2/h7-8,10-11,13-14,16,23,25H,3-6,9,12,15H2,1-2H3/t23-/m0/s1. The van der Waals surface area contributed by atoms with Crippen LogP contribution < -0.4 is 9.62 Å². The molecule has 1 aliphatic heterocycles. The molecule has 8 heteroatoms. The van der Waals surface area contributed by atoms with Crippen molar-refractivity contribution in [3.63, 3.8) is 0 Å². The molecule has 0 spiro atoms. The van der Waals surface area contributed by atoms with Crippen LogP contribution in [0.1, 0.15) is 55.7 Å². The van der Waals surface area contributed by atoms with E-state index < -0.39 is 10.0 Å². The first kappa shape index (κ1) is 23.8. The first-order valence-corrected chi connectivity index (χ1v) is 12.8. The lowest BCUT2D eigenvalue weighted by molar-refractivity contribution is -0.140. The van der Waals surface area contributed by atoms with E-state index in [0.717, 1.165) is 54.2 Å². The van der Waals surface area contributed by atoms with Crippen LogP contribution in [0, 0.1) is 0 Å². The number of unbranched alkanes of at least 4 members (excludes halogenated alkanes) is 4. The Morgan fingerprint density at radius 3 is 2.55 bits per heavy atom. The number of fused-ring (bicyclic) bond motifs is 2. The number of nitrogens with one attached hydrogen (secondary N) is 1. The fraction of sp³-hybridized carbons (Fsp3) is 0.435. The molecule has 0 radical (unpaired) electrons. The minimum absolute atomic E-state index is 0.154. The Bertz CT molecular complexity index is 1030. The predicted molar refractivity (Wildman–Crippen MR) is 126 cm³/mol. The van der Waals surface area contributed by atoms with Crippen LogP contribution >= 0.6 is 15.9 Å². The number of benzene rings is 2. The van der Waals surface area contributed by atoms with E-state index in [4.69, 9.17) is 0 Å². The molecular formula is C23H29BrN2O4S. The maximum Gasteiger partial charge on any atom is 0.305 e. The van der Waals surface area contributed by atoms with Gasteiger partial charge in [0, 0.05) is 17.9 Å². The number of nitrogens with zero attached hydrogens (tertiary/aromatic N) is 1. The van der Waals surface area contributed by atoms with Gasteiger partial charge in [-0.25, -0.2) is 8.42 Å². The molecule has 1 N–H and O–H groups in total. The van der Waals surface area contributed by atoms with Gasteiger partial charge in [0.1, 0.15) is 0 Å². The van der Waals surface area contributed by atoms with Crippen LogP contribution in [0.5, 0.6) is 0 Å². The minimum Gasteiger partial charge on any atom is -0.469 e. The third-order valence-corrected chi connectivity index (χ3v) is 7.97. The van der Waals surface area contributed by atoms with Crippen molar-refractivity contribution in [1.82, 2.24) is 5.32 Å². The average molecular weight is 509 g/mol. The first-order chi connectivity index (χ1) is 14.9. The quantitative estimate of drug-likeness (QED) is 0.389. The zero-order chi connectivity index (χ0) is 22.4. The number of sulfonamides is 1. The van der Waals surface area contributed by atoms with Gasteiger partial charge >= 0.3 is 5.97 Å². The zero-order valence-electron chi connectivity index (χ0n) is 17.9. The summed E-state index contributed by atoms with van der Waals surface area (Å²) in [5, 5.41) is 3.59. The number of anilines is 1. The molecule has 0 fully saturated rings. The molecule has 2 aromatic rings. The molecule has 6 nitrogen and oxygen atoms in total. The second-order valence-corrected chi connectivity index (χ2v) is 10.5. The molecular weight excluding hydrogens is 480 g/mol. The maximum absolute atomic E-state index is 13.3. The molecule has 31 heavy (non-hydrogen) atoms. The average Bonchev–Trinajstić information content (AvgIpc) is 2.83. The normalized spacial score (nSPS) is 16.9. The molecule has 0 aliphatic carbocycles. The van der Waals surface area contributed by atoms with Crippen molar-refractivity contribution in [2.45, 2.75) is 49.5 Å². The van der Waals surface area contributed by atoms with E-state index in [9.17, 15) is 13.2 Å². The van der Waals surface area contributed by atoms with Crippen molar-refractivity contribution in [1.29, 1.82) is 0 Å². The van der Waals surface area contributed by atoms with E-state index in [0.29, 0.717) is 17.0 Å². The van der Waals surface area contributed by atoms with Crippen LogP contribution in [-0.4, -0.2) is 35.1 Å². The number of hydrogen-bond acceptors (Lipinski definition) is 5. The lowest BCUT2D eigenvalue weighted by Gasteiger charge is -2.22. The summed E-state index contributed by atoms with van der Waals surface area (Å²) in [6.07, 6.45) is 5.41. The highest BCUT2D eigenvalue weighted by atomic mass is 79.9. The van der Waals surface area contributed by atoms with Crippen molar-refractivity contribution < 1.29 is 17.9 Å². The third kappa shape index (κ3) is 5.48. The van der Waals surface area contributed by atoms with E-state index in [1.807, 2.05) is 36.4 Å². The monoisotopic (exact) mass is 508 g/mol. The molecule has 0 unspecified atom stereocenters. The van der Waals surface area contributed by atoms with Gasteiger partial charge in [-0.3, -0.25) is 9.10 Å². The van der Waals surface area contributed by atoms with Gasteiger partial charge in [-0.1, -0.05) is 59.5 Å². The van der Waals surface area contributed by atoms with Crippen LogP contribution in [-0.2, 0) is 19.6 Å². The predicted octanol–water partition coefficient (Wildman–Crippen LogP) is 4.78. The molecule has 1 aliphatic rings. The van der Waals surface area contributed by atoms with Crippen LogP contribution in [0.2, 0.25) is 0 Å². The number of carbonyl (C=O) groups excluding carboxylic acids is 1. The molecule has 0 saturated carbocycles. The topological polar surface area (TPSA) is 75.7 Å². The van der Waals surface area contributed by atoms with Crippen LogP contribution in [0.15, 0.2) is 51.8 Å². The SMILES string of the molecule is COC(=O)CCCCCCCN[C@H]1c2ccccc2N(C)S(=O)(=O)c2cc(Br)ccc21. The van der Waals surface area contributed by atoms with Gasteiger partial charge in [0.25, 0.3) is 10.0 Å². The van der Waals surface area contributed by atoms with Crippen molar-refractivity contribution >= 4 is 37.6 Å². The lowest BCUT2D eigenvalue weighted by Crippen LogP contribution is -2.26. The zero-order valence-corrected chi connectivity index (χ0v) is 20.3. The maximum atomic E-state index is 13.3. The van der Waals surface area contributed by atoms with Gasteiger partial charge in [-0.05, 0) is 48.7 Å². The Morgan fingerprint density at radius 2 is 1.77 bits per heavy atom. The summed E-state index contributed by atoms with van der Waals surface area (Å²) >= 11 is 3.42. The van der Waals surface area contributed by atoms with Crippen molar-refractivity contribution in [3.05, 3.63) is 58.1 Å². The van der Waals surface area contributed by atoms with Gasteiger partial charge in [0.15, 0.2) is 0 Å². The van der Waals surface area contributed by atoms with E-state index in [1.165, 1.54) is 11.4 Å². The Hall–Kier alpha value is -1.90. The smallest absolute Gasteiger partial charge is 0.305 e. The number of methoxy groups -OCH3 is 1. The second-order valence-electron chi connectivity index (χ2n) is 7.69. The number of rotatable bonds is 9. The first-order valence-electron chi connectivity index (χ1n) is 10.5. The molecule has 3 rings (SSSR count). The Labute approximate surface area is 193 Å². The second kappa shape index (κ2) is 10.6. The fourth-order valence-corrected chi connectivity index (χ4v) is 5.92. The molecule has 1 heterocycles. The number of carbonyl (C=O) groups is 1. The highest BCUT2D eigenvalue weighted by Crippen LogP contribution is 2.40. The highest BCUT2D eigenvalue weighted by molar-refractivity contribution is 9.10. The largest absolute Gasteiger partial charge is 0.469 e. The third-order valence-electron chi connectivity index (χ3n) is 5.65. The number of esters is 1. The van der Waals surface area contributed by atoms with E-state index in [-0.39, 0.29) is 12.0 Å². The minimum atomic E-state index is -3.66. The van der Waals surface area contributed by atoms with Crippen LogP contribution in [0.3, 0.4) is 0 Å². The summed E-state index contributed by atoms with van der Waals surface area (Å²) < 4.78 is 33.3. The van der Waals surface area contributed by atoms with Crippen LogP contribution in [0.25, 0.3) is 0 Å². The highest BCUT2D eigenvalue weighted by Gasteiger charge is 2.34. The molecule has 1 atom stereocenters. The number of halogens is 1. The summed E-state index contributed by atoms with van der Waals surface area (Å²) in [5.74, 6) is -0.154. The van der Waals surface area contributed by atoms with Gasteiger partial charge in [-0.2, -0.15) is 0 Å². The number of para-hydroxylation sites is 1. The lowest BCUT2D eigenvalue weighted by atomic mass is 9.96. The molecule has 0 bridgehead atoms. The summed E-state index contributed by atoms with van der Waals surface area (Å²) in [6.45, 7) is 0.773. The molecule has 0 aromatic heterocycles. The molecule has 0 amide bonds. The Balaban J connectivity index is 1.72. The van der Waals surface area contributed by atoms with E-state index in [1.54, 1.807) is 13.1 Å². The number of hydrogen-bond donors (Lipinski definition) is 1. The van der Waals surface area contributed by atoms with E-state index in [2.05, 4.69) is 26.0 Å². The Morgan fingerprint density at radius 1 is 1.06 bits per heavy atom. The van der Waals surface area contributed by atoms with Crippen LogP contribution in [0.4, 0.5) is 5.69 Å². The molecule has 168 valence electrons. The Kier molecular flexibility index (Phi) is 8.13. The van der Waals surface area contributed by atoms with E-state index >= 15 is 0 Å². The van der Waals surface area contributed by atoms with Crippen molar-refractivity contribution in [2.24, 2.45) is 0 Å². The summed E-state index contributed by atoms with van der Waals surface area (Å²) in [6, 6.07) is 12.9. The summed E-state index contributed by atoms with van der Waals surface area (Å²) in [5.41, 5.74) is 2.40. The van der Waals surface area contributed by atoms with Gasteiger partial charge in [0.2, 0.25) is 0 Å². The molecule has 2 aromatic carbocycles. The number of ether oxygens (including phenoxy) is 1. The van der Waals surface area contributed by atoms with Crippen molar-refractivity contribution in [3.8, 4) is 0 Å². The summed E-state index contributed by atoms with van der Waals surface area (Å²) in [7, 11) is -0.632. The van der Waals surface area contributed by atoms with Gasteiger partial charge in [0.05, 0.1) is 23.7 Å². The summed E-state index contributed by atoms with van der Waals surface area (Å²) in [4.78, 5) is 11.5.